The smallest absolute Gasteiger partial charge is 0.341 e. The van der Waals surface area contributed by atoms with Crippen LogP contribution in [0.4, 0.5) is 0 Å². The van der Waals surface area contributed by atoms with Crippen molar-refractivity contribution in [1.29, 1.82) is 0 Å². The lowest BCUT2D eigenvalue weighted by Gasteiger charge is -2.07. The van der Waals surface area contributed by atoms with E-state index in [1.807, 2.05) is 12.1 Å². The van der Waals surface area contributed by atoms with Gasteiger partial charge in [0.2, 0.25) is 5.91 Å². The van der Waals surface area contributed by atoms with Gasteiger partial charge in [0.1, 0.15) is 5.75 Å². The van der Waals surface area contributed by atoms with E-state index < -0.39 is 5.97 Å². The number of benzene rings is 1. The monoisotopic (exact) mass is 317 g/mol. The Bertz CT molecular complexity index is 557. The van der Waals surface area contributed by atoms with Crippen LogP contribution in [-0.2, 0) is 16.0 Å². The minimum absolute atomic E-state index is 0.225. The Labute approximate surface area is 136 Å². The van der Waals surface area contributed by atoms with Crippen LogP contribution in [0.2, 0.25) is 0 Å². The third kappa shape index (κ3) is 4.03. The molecule has 0 spiro atoms. The minimum atomic E-state index is -0.988. The Hall–Kier alpha value is -2.04. The fourth-order valence-electron chi connectivity index (χ4n) is 3.73. The van der Waals surface area contributed by atoms with Crippen LogP contribution in [0.1, 0.15) is 31.2 Å². The molecule has 124 valence electrons. The van der Waals surface area contributed by atoms with Gasteiger partial charge in [0, 0.05) is 12.5 Å². The van der Waals surface area contributed by atoms with Gasteiger partial charge in [-0.1, -0.05) is 25.0 Å². The van der Waals surface area contributed by atoms with Gasteiger partial charge in [-0.25, -0.2) is 4.79 Å². The first-order valence-corrected chi connectivity index (χ1v) is 8.36. The summed E-state index contributed by atoms with van der Waals surface area (Å²) in [5.41, 5.74) is 1.10. The summed E-state index contributed by atoms with van der Waals surface area (Å²) in [5.74, 6) is 1.34. The normalized spacial score (nSPS) is 25.3. The summed E-state index contributed by atoms with van der Waals surface area (Å²) in [5, 5.41) is 11.6. The summed E-state index contributed by atoms with van der Waals surface area (Å²) in [4.78, 5) is 22.6. The van der Waals surface area contributed by atoms with Gasteiger partial charge in [-0.15, -0.1) is 0 Å². The third-order valence-electron chi connectivity index (χ3n) is 4.96. The maximum Gasteiger partial charge on any atom is 0.341 e. The van der Waals surface area contributed by atoms with E-state index in [1.54, 1.807) is 12.1 Å². The third-order valence-corrected chi connectivity index (χ3v) is 4.96. The number of carbonyl (C=O) groups is 2. The molecule has 3 rings (SSSR count). The fraction of sp³-hybridized carbons (Fsp3) is 0.556. The molecule has 2 fully saturated rings. The summed E-state index contributed by atoms with van der Waals surface area (Å²) in [6.07, 6.45) is 5.77. The van der Waals surface area contributed by atoms with Crippen molar-refractivity contribution < 1.29 is 19.4 Å². The molecule has 0 bridgehead atoms. The molecule has 23 heavy (non-hydrogen) atoms. The zero-order valence-corrected chi connectivity index (χ0v) is 13.2. The first-order chi connectivity index (χ1) is 11.1. The van der Waals surface area contributed by atoms with Crippen molar-refractivity contribution >= 4 is 11.9 Å². The molecule has 2 N–H and O–H groups in total. The van der Waals surface area contributed by atoms with E-state index in [-0.39, 0.29) is 18.4 Å². The Morgan fingerprint density at radius 2 is 1.78 bits per heavy atom. The summed E-state index contributed by atoms with van der Waals surface area (Å²) in [6, 6.07) is 7.32. The Balaban J connectivity index is 1.38. The Kier molecular flexibility index (Phi) is 4.84. The highest BCUT2D eigenvalue weighted by atomic mass is 16.5. The molecule has 5 nitrogen and oxygen atoms in total. The van der Waals surface area contributed by atoms with Crippen molar-refractivity contribution in [2.45, 2.75) is 32.1 Å². The summed E-state index contributed by atoms with van der Waals surface area (Å²) in [7, 11) is 0. The van der Waals surface area contributed by atoms with E-state index in [2.05, 4.69) is 5.32 Å². The Morgan fingerprint density at radius 3 is 2.39 bits per heavy atom. The molecular weight excluding hydrogens is 294 g/mol. The van der Waals surface area contributed by atoms with Crippen LogP contribution in [-0.4, -0.2) is 30.1 Å². The lowest BCUT2D eigenvalue weighted by atomic mass is 10.0. The van der Waals surface area contributed by atoms with Crippen LogP contribution >= 0.6 is 0 Å². The lowest BCUT2D eigenvalue weighted by molar-refractivity contribution is -0.139. The maximum absolute atomic E-state index is 12.2. The highest BCUT2D eigenvalue weighted by molar-refractivity contribution is 5.82. The van der Waals surface area contributed by atoms with Gasteiger partial charge in [0.15, 0.2) is 6.61 Å². The van der Waals surface area contributed by atoms with Gasteiger partial charge in [0.25, 0.3) is 0 Å². The van der Waals surface area contributed by atoms with Crippen LogP contribution in [0, 0.1) is 17.8 Å². The van der Waals surface area contributed by atoms with E-state index >= 15 is 0 Å². The number of amides is 1. The standard InChI is InChI=1S/C18H23NO4/c20-16(21)11-23-13-7-5-12(6-8-13)9-10-19-18(22)17-14-3-1-2-4-15(14)17/h5-8,14-15,17H,1-4,9-11H2,(H,19,22)(H,20,21). The van der Waals surface area contributed by atoms with Crippen LogP contribution < -0.4 is 10.1 Å². The van der Waals surface area contributed by atoms with Crippen molar-refractivity contribution in [3.05, 3.63) is 29.8 Å². The first kappa shape index (κ1) is 15.8. The number of hydrogen-bond donors (Lipinski definition) is 2. The second-order valence-corrected chi connectivity index (χ2v) is 6.51. The number of nitrogens with one attached hydrogen (secondary N) is 1. The van der Waals surface area contributed by atoms with E-state index in [0.717, 1.165) is 12.0 Å². The SMILES string of the molecule is O=C(O)COc1ccc(CCNC(=O)C2C3CCCCC32)cc1. The van der Waals surface area contributed by atoms with Crippen molar-refractivity contribution in [3.63, 3.8) is 0 Å². The van der Waals surface area contributed by atoms with Crippen LogP contribution in [0.25, 0.3) is 0 Å². The average molecular weight is 317 g/mol. The molecular formula is C18H23NO4. The van der Waals surface area contributed by atoms with Gasteiger partial charge in [-0.2, -0.15) is 0 Å². The molecule has 0 saturated heterocycles. The van der Waals surface area contributed by atoms with Gasteiger partial charge in [-0.05, 0) is 48.8 Å². The Morgan fingerprint density at radius 1 is 1.13 bits per heavy atom. The number of hydrogen-bond acceptors (Lipinski definition) is 3. The van der Waals surface area contributed by atoms with Crippen molar-refractivity contribution in [3.8, 4) is 5.75 Å². The van der Waals surface area contributed by atoms with E-state index in [4.69, 9.17) is 9.84 Å². The van der Waals surface area contributed by atoms with E-state index in [0.29, 0.717) is 24.1 Å². The predicted octanol–water partition coefficient (Wildman–Crippen LogP) is 2.24. The zero-order chi connectivity index (χ0) is 16.2. The minimum Gasteiger partial charge on any atom is -0.482 e. The van der Waals surface area contributed by atoms with Gasteiger partial charge in [0.05, 0.1) is 0 Å². The quantitative estimate of drug-likeness (QED) is 0.809. The molecule has 5 heteroatoms. The molecule has 1 aromatic carbocycles. The number of ether oxygens (including phenoxy) is 1. The van der Waals surface area contributed by atoms with Gasteiger partial charge >= 0.3 is 5.97 Å². The average Bonchev–Trinajstić information content (AvgIpc) is 3.28. The van der Waals surface area contributed by atoms with Crippen LogP contribution in [0.3, 0.4) is 0 Å². The predicted molar refractivity (Wildman–Crippen MR) is 85.2 cm³/mol. The molecule has 2 aliphatic rings. The second-order valence-electron chi connectivity index (χ2n) is 6.51. The van der Waals surface area contributed by atoms with E-state index in [1.165, 1.54) is 25.7 Å². The molecule has 2 atom stereocenters. The lowest BCUT2D eigenvalue weighted by Crippen LogP contribution is -2.28. The van der Waals surface area contributed by atoms with Gasteiger partial charge in [-0.3, -0.25) is 4.79 Å². The highest BCUT2D eigenvalue weighted by Crippen LogP contribution is 2.55. The summed E-state index contributed by atoms with van der Waals surface area (Å²) < 4.78 is 5.09. The fourth-order valence-corrected chi connectivity index (χ4v) is 3.73. The molecule has 1 aromatic rings. The molecule has 0 aromatic heterocycles. The first-order valence-electron chi connectivity index (χ1n) is 8.36. The number of rotatable bonds is 7. The van der Waals surface area contributed by atoms with E-state index in [9.17, 15) is 9.59 Å². The highest BCUT2D eigenvalue weighted by Gasteiger charge is 2.54. The van der Waals surface area contributed by atoms with Crippen molar-refractivity contribution in [2.75, 3.05) is 13.2 Å². The topological polar surface area (TPSA) is 75.6 Å². The van der Waals surface area contributed by atoms with Crippen LogP contribution in [0.15, 0.2) is 24.3 Å². The summed E-state index contributed by atoms with van der Waals surface area (Å²) in [6.45, 7) is 0.309. The molecule has 2 aliphatic carbocycles. The largest absolute Gasteiger partial charge is 0.482 e. The molecule has 0 radical (unpaired) electrons. The molecule has 0 heterocycles. The van der Waals surface area contributed by atoms with Crippen molar-refractivity contribution in [1.82, 2.24) is 5.32 Å². The molecule has 2 unspecified atom stereocenters. The van der Waals surface area contributed by atoms with Crippen molar-refractivity contribution in [2.24, 2.45) is 17.8 Å². The van der Waals surface area contributed by atoms with Crippen LogP contribution in [0.5, 0.6) is 5.75 Å². The summed E-state index contributed by atoms with van der Waals surface area (Å²) >= 11 is 0. The number of carboxylic acids is 1. The van der Waals surface area contributed by atoms with Gasteiger partial charge < -0.3 is 15.2 Å². The number of fused-ring (bicyclic) bond motifs is 1. The zero-order valence-electron chi connectivity index (χ0n) is 13.2. The number of carboxylic acid groups (broad SMARTS) is 1. The molecule has 0 aliphatic heterocycles. The molecule has 1 amide bonds. The maximum atomic E-state index is 12.2. The second kappa shape index (κ2) is 7.02. The molecule has 2 saturated carbocycles. The number of aliphatic carboxylic acids is 1. The number of carbonyl (C=O) groups excluding carboxylic acids is 1.